The maximum absolute atomic E-state index is 14.1. The van der Waals surface area contributed by atoms with Gasteiger partial charge < -0.3 is 4.74 Å². The number of fused-ring (bicyclic) bond motifs is 1. The Bertz CT molecular complexity index is 1020. The number of carbonyl (C=O) groups is 1. The molecular formula is C21H14F4O2. The first-order valence-corrected chi connectivity index (χ1v) is 8.09. The van der Waals surface area contributed by atoms with Crippen LogP contribution < -0.4 is 4.74 Å². The monoisotopic (exact) mass is 374 g/mol. The fraction of sp³-hybridized carbons (Fsp3) is 0.0952. The van der Waals surface area contributed by atoms with Gasteiger partial charge in [-0.05, 0) is 65.6 Å². The normalized spacial score (nSPS) is 10.8. The van der Waals surface area contributed by atoms with Crippen LogP contribution in [0.1, 0.15) is 22.3 Å². The Hall–Kier alpha value is -3.15. The molecule has 2 nitrogen and oxygen atoms in total. The summed E-state index contributed by atoms with van der Waals surface area (Å²) in [6.07, 6.45) is 2.57. The predicted molar refractivity (Wildman–Crippen MR) is 93.7 cm³/mol. The second kappa shape index (κ2) is 7.61. The molecule has 138 valence electrons. The molecule has 0 atom stereocenters. The molecule has 27 heavy (non-hydrogen) atoms. The summed E-state index contributed by atoms with van der Waals surface area (Å²) in [5.74, 6) is -5.92. The van der Waals surface area contributed by atoms with Gasteiger partial charge in [0, 0.05) is 0 Å². The number of carbonyl (C=O) groups excluding carboxylic acids is 1. The summed E-state index contributed by atoms with van der Waals surface area (Å²) < 4.78 is 59.7. The van der Waals surface area contributed by atoms with Crippen molar-refractivity contribution in [2.75, 3.05) is 0 Å². The van der Waals surface area contributed by atoms with Crippen molar-refractivity contribution in [2.45, 2.75) is 12.8 Å². The lowest BCUT2D eigenvalue weighted by molar-refractivity contribution is 0.0720. The summed E-state index contributed by atoms with van der Waals surface area (Å²) in [6, 6.07) is 8.05. The molecule has 0 amide bonds. The van der Waals surface area contributed by atoms with Gasteiger partial charge in [-0.15, -0.1) is 6.58 Å². The van der Waals surface area contributed by atoms with Gasteiger partial charge in [-0.1, -0.05) is 12.1 Å². The number of halogens is 4. The molecule has 3 aromatic carbocycles. The molecule has 6 heteroatoms. The van der Waals surface area contributed by atoms with Crippen LogP contribution in [-0.2, 0) is 6.42 Å². The number of hydrogen-bond acceptors (Lipinski definition) is 2. The summed E-state index contributed by atoms with van der Waals surface area (Å²) in [5, 5.41) is 0.624. The summed E-state index contributed by atoms with van der Waals surface area (Å²) >= 11 is 0. The second-order valence-corrected chi connectivity index (χ2v) is 5.93. The molecular weight excluding hydrogens is 360 g/mol. The van der Waals surface area contributed by atoms with Crippen molar-refractivity contribution in [2.24, 2.45) is 0 Å². The Balaban J connectivity index is 1.88. The first-order chi connectivity index (χ1) is 12.9. The van der Waals surface area contributed by atoms with E-state index in [2.05, 4.69) is 6.58 Å². The van der Waals surface area contributed by atoms with E-state index >= 15 is 0 Å². The Morgan fingerprint density at radius 1 is 0.889 bits per heavy atom. The smallest absolute Gasteiger partial charge is 0.343 e. The molecule has 0 unspecified atom stereocenters. The number of rotatable bonds is 5. The highest BCUT2D eigenvalue weighted by Crippen LogP contribution is 2.26. The average Bonchev–Trinajstić information content (AvgIpc) is 2.63. The van der Waals surface area contributed by atoms with Crippen LogP contribution >= 0.6 is 0 Å². The first-order valence-electron chi connectivity index (χ1n) is 8.09. The highest BCUT2D eigenvalue weighted by molar-refractivity contribution is 5.96. The third-order valence-corrected chi connectivity index (χ3v) is 4.01. The fourth-order valence-electron chi connectivity index (χ4n) is 2.64. The zero-order valence-corrected chi connectivity index (χ0v) is 14.1. The van der Waals surface area contributed by atoms with Crippen LogP contribution in [0.3, 0.4) is 0 Å². The third kappa shape index (κ3) is 4.00. The Kier molecular flexibility index (Phi) is 5.26. The van der Waals surface area contributed by atoms with Crippen molar-refractivity contribution < 1.29 is 27.1 Å². The van der Waals surface area contributed by atoms with Gasteiger partial charge in [0.15, 0.2) is 23.3 Å². The molecule has 0 fully saturated rings. The number of allylic oxidation sites excluding steroid dienone is 1. The average molecular weight is 374 g/mol. The minimum Gasteiger partial charge on any atom is -0.417 e. The summed E-state index contributed by atoms with van der Waals surface area (Å²) in [4.78, 5) is 12.2. The van der Waals surface area contributed by atoms with Gasteiger partial charge in [0.25, 0.3) is 0 Å². The van der Waals surface area contributed by atoms with Crippen LogP contribution in [0.5, 0.6) is 5.75 Å². The largest absolute Gasteiger partial charge is 0.417 e. The van der Waals surface area contributed by atoms with E-state index in [1.165, 1.54) is 18.2 Å². The molecule has 0 heterocycles. The maximum Gasteiger partial charge on any atom is 0.343 e. The van der Waals surface area contributed by atoms with E-state index in [1.54, 1.807) is 6.08 Å². The topological polar surface area (TPSA) is 26.3 Å². The Morgan fingerprint density at radius 3 is 2.15 bits per heavy atom. The molecule has 0 bridgehead atoms. The molecule has 0 N–H and O–H groups in total. The van der Waals surface area contributed by atoms with E-state index in [4.69, 9.17) is 4.74 Å². The molecule has 0 saturated carbocycles. The molecule has 3 aromatic rings. The van der Waals surface area contributed by atoms with Crippen molar-refractivity contribution in [3.8, 4) is 5.75 Å². The van der Waals surface area contributed by atoms with Gasteiger partial charge in [0.05, 0.1) is 5.56 Å². The van der Waals surface area contributed by atoms with E-state index in [9.17, 15) is 22.4 Å². The van der Waals surface area contributed by atoms with Crippen LogP contribution in [0.25, 0.3) is 10.8 Å². The van der Waals surface area contributed by atoms with Gasteiger partial charge in [-0.25, -0.2) is 22.4 Å². The zero-order chi connectivity index (χ0) is 19.6. The van der Waals surface area contributed by atoms with Crippen LogP contribution in [0.15, 0.2) is 55.1 Å². The summed E-state index contributed by atoms with van der Waals surface area (Å²) in [6.45, 7) is 3.54. The van der Waals surface area contributed by atoms with E-state index < -0.39 is 35.0 Å². The van der Waals surface area contributed by atoms with E-state index in [0.717, 1.165) is 24.3 Å². The number of ether oxygens (including phenoxy) is 1. The maximum atomic E-state index is 14.1. The van der Waals surface area contributed by atoms with Crippen LogP contribution in [0.4, 0.5) is 17.6 Å². The Labute approximate surface area is 152 Å². The Morgan fingerprint density at radius 2 is 1.52 bits per heavy atom. The lowest BCUT2D eigenvalue weighted by atomic mass is 10.1. The second-order valence-electron chi connectivity index (χ2n) is 5.93. The highest BCUT2D eigenvalue weighted by Gasteiger charge is 2.18. The van der Waals surface area contributed by atoms with Crippen LogP contribution in [-0.4, -0.2) is 5.97 Å². The quantitative estimate of drug-likeness (QED) is 0.247. The van der Waals surface area contributed by atoms with Gasteiger partial charge >= 0.3 is 5.97 Å². The third-order valence-electron chi connectivity index (χ3n) is 4.01. The van der Waals surface area contributed by atoms with E-state index in [0.29, 0.717) is 23.8 Å². The highest BCUT2D eigenvalue weighted by atomic mass is 19.2. The molecule has 0 spiro atoms. The lowest BCUT2D eigenvalue weighted by Gasteiger charge is -2.09. The van der Waals surface area contributed by atoms with Crippen LogP contribution in [0, 0.1) is 23.3 Å². The van der Waals surface area contributed by atoms with Gasteiger partial charge in [-0.3, -0.25) is 0 Å². The van der Waals surface area contributed by atoms with E-state index in [-0.39, 0.29) is 10.9 Å². The van der Waals surface area contributed by atoms with Gasteiger partial charge in [-0.2, -0.15) is 0 Å². The fourth-order valence-corrected chi connectivity index (χ4v) is 2.64. The number of benzene rings is 3. The number of aryl methyl sites for hydroxylation is 1. The van der Waals surface area contributed by atoms with Crippen molar-refractivity contribution in [1.82, 2.24) is 0 Å². The van der Waals surface area contributed by atoms with Crippen molar-refractivity contribution in [1.29, 1.82) is 0 Å². The number of esters is 1. The SMILES string of the molecule is C=CCCc1cc(F)c(OC(=O)c2ccc3cc(F)c(F)cc3c2)c(F)c1. The molecule has 0 aliphatic carbocycles. The van der Waals surface area contributed by atoms with E-state index in [1.807, 2.05) is 0 Å². The molecule has 0 aliphatic heterocycles. The first kappa shape index (κ1) is 18.6. The summed E-state index contributed by atoms with van der Waals surface area (Å²) in [7, 11) is 0. The van der Waals surface area contributed by atoms with Crippen molar-refractivity contribution >= 4 is 16.7 Å². The lowest BCUT2D eigenvalue weighted by Crippen LogP contribution is -2.11. The standard InChI is InChI=1S/C21H14F4O2/c1-2-3-4-12-7-18(24)20(19(25)8-12)27-21(26)14-6-5-13-10-16(22)17(23)11-15(13)9-14/h2,5-11H,1,3-4H2. The molecule has 0 aromatic heterocycles. The van der Waals surface area contributed by atoms with Crippen molar-refractivity contribution in [3.63, 3.8) is 0 Å². The zero-order valence-electron chi connectivity index (χ0n) is 14.1. The minimum absolute atomic E-state index is 0.0527. The number of hydrogen-bond donors (Lipinski definition) is 0. The summed E-state index contributed by atoms with van der Waals surface area (Å²) in [5.41, 5.74) is 0.357. The molecule has 3 rings (SSSR count). The van der Waals surface area contributed by atoms with Gasteiger partial charge in [0.1, 0.15) is 0 Å². The molecule has 0 aliphatic rings. The molecule has 0 radical (unpaired) electrons. The van der Waals surface area contributed by atoms with Crippen molar-refractivity contribution in [3.05, 3.63) is 89.5 Å². The van der Waals surface area contributed by atoms with Gasteiger partial charge in [0.2, 0.25) is 5.75 Å². The predicted octanol–water partition coefficient (Wildman–Crippen LogP) is 5.73. The minimum atomic E-state index is -1.07. The van der Waals surface area contributed by atoms with Crippen LogP contribution in [0.2, 0.25) is 0 Å². The molecule has 0 saturated heterocycles.